The van der Waals surface area contributed by atoms with Gasteiger partial charge in [-0.15, -0.1) is 0 Å². The van der Waals surface area contributed by atoms with E-state index < -0.39 is 5.97 Å². The molecule has 5 heteroatoms. The number of aryl methyl sites for hydroxylation is 1. The van der Waals surface area contributed by atoms with Gasteiger partial charge in [0.05, 0.1) is 16.3 Å². The van der Waals surface area contributed by atoms with Crippen molar-refractivity contribution in [1.29, 1.82) is 5.26 Å². The Balaban J connectivity index is 3.41. The number of pyridine rings is 1. The number of nitrogens with zero attached hydrogens (tertiary/aromatic N) is 2. The van der Waals surface area contributed by atoms with Crippen LogP contribution in [0.4, 0.5) is 0 Å². The van der Waals surface area contributed by atoms with Gasteiger partial charge in [-0.05, 0) is 12.5 Å². The van der Waals surface area contributed by atoms with E-state index in [4.69, 9.17) is 22.0 Å². The third kappa shape index (κ3) is 1.83. The number of aromatic nitrogens is 1. The molecular formula is C9H7ClN2O2. The fraction of sp³-hybridized carbons (Fsp3) is 0.222. The molecule has 1 aromatic rings. The lowest BCUT2D eigenvalue weighted by Gasteiger charge is -2.03. The van der Waals surface area contributed by atoms with Crippen molar-refractivity contribution in [3.05, 3.63) is 28.0 Å². The Morgan fingerprint density at radius 1 is 1.79 bits per heavy atom. The van der Waals surface area contributed by atoms with Crippen LogP contribution in [0.3, 0.4) is 0 Å². The first-order valence-electron chi connectivity index (χ1n) is 3.93. The molecule has 0 fully saturated rings. The molecule has 0 bridgehead atoms. The number of rotatable bonds is 2. The molecule has 0 saturated carbocycles. The smallest absolute Gasteiger partial charge is 0.337 e. The maximum absolute atomic E-state index is 10.8. The zero-order valence-electron chi connectivity index (χ0n) is 7.41. The monoisotopic (exact) mass is 210 g/mol. The lowest BCUT2D eigenvalue weighted by Crippen LogP contribution is -2.05. The summed E-state index contributed by atoms with van der Waals surface area (Å²) in [6.45, 7) is 1.77. The Morgan fingerprint density at radius 2 is 2.43 bits per heavy atom. The van der Waals surface area contributed by atoms with Gasteiger partial charge in [-0.25, -0.2) is 9.78 Å². The first-order valence-corrected chi connectivity index (χ1v) is 4.30. The van der Waals surface area contributed by atoms with E-state index in [2.05, 4.69) is 4.98 Å². The maximum atomic E-state index is 10.8. The summed E-state index contributed by atoms with van der Waals surface area (Å²) < 4.78 is 0. The van der Waals surface area contributed by atoms with Crippen LogP contribution >= 0.6 is 11.6 Å². The van der Waals surface area contributed by atoms with Crippen LogP contribution in [0, 0.1) is 11.3 Å². The molecule has 0 aromatic carbocycles. The molecule has 0 aliphatic heterocycles. The van der Waals surface area contributed by atoms with Gasteiger partial charge in [-0.1, -0.05) is 18.5 Å². The molecule has 72 valence electrons. The van der Waals surface area contributed by atoms with E-state index in [-0.39, 0.29) is 16.3 Å². The van der Waals surface area contributed by atoms with Gasteiger partial charge in [-0.2, -0.15) is 5.26 Å². The van der Waals surface area contributed by atoms with E-state index in [1.807, 2.05) is 0 Å². The molecule has 0 radical (unpaired) electrons. The zero-order valence-corrected chi connectivity index (χ0v) is 8.17. The van der Waals surface area contributed by atoms with Crippen molar-refractivity contribution in [1.82, 2.24) is 4.98 Å². The summed E-state index contributed by atoms with van der Waals surface area (Å²) in [5, 5.41) is 17.5. The number of aromatic carboxylic acids is 1. The molecule has 1 aromatic heterocycles. The summed E-state index contributed by atoms with van der Waals surface area (Å²) in [7, 11) is 0. The summed E-state index contributed by atoms with van der Waals surface area (Å²) in [6.07, 6.45) is 0.452. The van der Waals surface area contributed by atoms with Gasteiger partial charge in [0.1, 0.15) is 6.07 Å². The SMILES string of the molecule is CCc1nc(C#N)c(Cl)cc1C(=O)O. The summed E-state index contributed by atoms with van der Waals surface area (Å²) in [5.41, 5.74) is 0.489. The Kier molecular flexibility index (Phi) is 3.05. The van der Waals surface area contributed by atoms with E-state index >= 15 is 0 Å². The van der Waals surface area contributed by atoms with Crippen LogP contribution in [-0.4, -0.2) is 16.1 Å². The Labute approximate surface area is 85.8 Å². The average molecular weight is 211 g/mol. The minimum atomic E-state index is -1.08. The number of carboxylic acid groups (broad SMARTS) is 1. The Morgan fingerprint density at radius 3 is 2.86 bits per heavy atom. The zero-order chi connectivity index (χ0) is 10.7. The molecule has 0 saturated heterocycles. The van der Waals surface area contributed by atoms with Gasteiger partial charge in [0.15, 0.2) is 5.69 Å². The van der Waals surface area contributed by atoms with Crippen LogP contribution in [-0.2, 0) is 6.42 Å². The van der Waals surface area contributed by atoms with Crippen molar-refractivity contribution >= 4 is 17.6 Å². The molecule has 14 heavy (non-hydrogen) atoms. The second kappa shape index (κ2) is 4.07. The molecule has 0 atom stereocenters. The Hall–Kier alpha value is -1.60. The molecule has 0 aliphatic carbocycles. The second-order valence-corrected chi connectivity index (χ2v) is 2.99. The lowest BCUT2D eigenvalue weighted by atomic mass is 10.1. The predicted octanol–water partition coefficient (Wildman–Crippen LogP) is 1.87. The van der Waals surface area contributed by atoms with Gasteiger partial charge in [-0.3, -0.25) is 0 Å². The summed E-state index contributed by atoms with van der Waals surface area (Å²) in [4.78, 5) is 14.6. The van der Waals surface area contributed by atoms with Crippen molar-refractivity contribution in [2.75, 3.05) is 0 Å². The fourth-order valence-electron chi connectivity index (χ4n) is 1.06. The topological polar surface area (TPSA) is 74.0 Å². The van der Waals surface area contributed by atoms with Crippen LogP contribution in [0.1, 0.15) is 28.7 Å². The predicted molar refractivity (Wildman–Crippen MR) is 50.3 cm³/mol. The third-order valence-electron chi connectivity index (χ3n) is 1.73. The highest BCUT2D eigenvalue weighted by Gasteiger charge is 2.14. The molecule has 1 N–H and O–H groups in total. The first kappa shape index (κ1) is 10.5. The number of carboxylic acids is 1. The van der Waals surface area contributed by atoms with E-state index in [1.54, 1.807) is 13.0 Å². The molecule has 0 aliphatic rings. The van der Waals surface area contributed by atoms with E-state index in [0.717, 1.165) is 0 Å². The van der Waals surface area contributed by atoms with Crippen LogP contribution < -0.4 is 0 Å². The number of halogens is 1. The highest BCUT2D eigenvalue weighted by molar-refractivity contribution is 6.31. The van der Waals surface area contributed by atoms with Gasteiger partial charge in [0.2, 0.25) is 0 Å². The number of carbonyl (C=O) groups is 1. The lowest BCUT2D eigenvalue weighted by molar-refractivity contribution is 0.0695. The average Bonchev–Trinajstić information content (AvgIpc) is 2.17. The van der Waals surface area contributed by atoms with Gasteiger partial charge in [0, 0.05) is 0 Å². The number of nitriles is 1. The number of hydrogen-bond acceptors (Lipinski definition) is 3. The van der Waals surface area contributed by atoms with E-state index in [9.17, 15) is 4.79 Å². The fourth-order valence-corrected chi connectivity index (χ4v) is 1.25. The molecule has 0 spiro atoms. The normalized spacial score (nSPS) is 9.50. The van der Waals surface area contributed by atoms with E-state index in [1.165, 1.54) is 6.07 Å². The Bertz CT molecular complexity index is 424. The highest BCUT2D eigenvalue weighted by atomic mass is 35.5. The van der Waals surface area contributed by atoms with Crippen molar-refractivity contribution in [2.45, 2.75) is 13.3 Å². The van der Waals surface area contributed by atoms with Gasteiger partial charge >= 0.3 is 5.97 Å². The largest absolute Gasteiger partial charge is 0.478 e. The van der Waals surface area contributed by atoms with Crippen LogP contribution in [0.5, 0.6) is 0 Å². The highest BCUT2D eigenvalue weighted by Crippen LogP contribution is 2.18. The second-order valence-electron chi connectivity index (χ2n) is 2.58. The summed E-state index contributed by atoms with van der Waals surface area (Å²) >= 11 is 5.65. The van der Waals surface area contributed by atoms with Crippen molar-refractivity contribution in [2.24, 2.45) is 0 Å². The van der Waals surface area contributed by atoms with Crippen LogP contribution in [0.2, 0.25) is 5.02 Å². The van der Waals surface area contributed by atoms with Crippen molar-refractivity contribution in [3.63, 3.8) is 0 Å². The van der Waals surface area contributed by atoms with Crippen molar-refractivity contribution in [3.8, 4) is 6.07 Å². The molecule has 0 amide bonds. The van der Waals surface area contributed by atoms with Crippen LogP contribution in [0.15, 0.2) is 6.07 Å². The van der Waals surface area contributed by atoms with E-state index in [0.29, 0.717) is 12.1 Å². The maximum Gasteiger partial charge on any atom is 0.337 e. The number of hydrogen-bond donors (Lipinski definition) is 1. The molecule has 1 heterocycles. The minimum absolute atomic E-state index is 0.0523. The molecule has 4 nitrogen and oxygen atoms in total. The third-order valence-corrected chi connectivity index (χ3v) is 2.01. The molecular weight excluding hydrogens is 204 g/mol. The molecule has 0 unspecified atom stereocenters. The van der Waals surface area contributed by atoms with Gasteiger partial charge < -0.3 is 5.11 Å². The first-order chi connectivity index (χ1) is 6.60. The van der Waals surface area contributed by atoms with Crippen LogP contribution in [0.25, 0.3) is 0 Å². The van der Waals surface area contributed by atoms with Crippen molar-refractivity contribution < 1.29 is 9.90 Å². The quantitative estimate of drug-likeness (QED) is 0.809. The minimum Gasteiger partial charge on any atom is -0.478 e. The summed E-state index contributed by atoms with van der Waals surface area (Å²) in [5.74, 6) is -1.08. The van der Waals surface area contributed by atoms with Gasteiger partial charge in [0.25, 0.3) is 0 Å². The molecule has 1 rings (SSSR count). The standard InChI is InChI=1S/C9H7ClN2O2/c1-2-7-5(9(13)14)3-6(10)8(4-11)12-7/h3H,2H2,1H3,(H,13,14). The summed E-state index contributed by atoms with van der Waals surface area (Å²) in [6, 6.07) is 3.06.